The van der Waals surface area contributed by atoms with Crippen molar-refractivity contribution in [1.29, 1.82) is 0 Å². The number of anilines is 1. The van der Waals surface area contributed by atoms with E-state index in [0.717, 1.165) is 17.8 Å². The van der Waals surface area contributed by atoms with E-state index in [1.54, 1.807) is 25.1 Å². The van der Waals surface area contributed by atoms with Crippen molar-refractivity contribution in [3.63, 3.8) is 0 Å². The molecule has 6 nitrogen and oxygen atoms in total. The van der Waals surface area contributed by atoms with Crippen molar-refractivity contribution in [2.24, 2.45) is 23.2 Å². The van der Waals surface area contributed by atoms with Gasteiger partial charge in [-0.15, -0.1) is 0 Å². The Balaban J connectivity index is 1.14. The Bertz CT molecular complexity index is 897. The van der Waals surface area contributed by atoms with E-state index in [2.05, 4.69) is 15.6 Å². The van der Waals surface area contributed by atoms with Crippen LogP contribution in [0.3, 0.4) is 0 Å². The lowest BCUT2D eigenvalue weighted by molar-refractivity contribution is -0.131. The molecule has 2 N–H and O–H groups in total. The van der Waals surface area contributed by atoms with Gasteiger partial charge >= 0.3 is 0 Å². The Morgan fingerprint density at radius 2 is 1.79 bits per heavy atom. The van der Waals surface area contributed by atoms with Gasteiger partial charge in [-0.2, -0.15) is 0 Å². The normalized spacial score (nSPS) is 30.5. The summed E-state index contributed by atoms with van der Waals surface area (Å²) in [5.41, 5.74) is 2.26. The maximum atomic E-state index is 12.5. The maximum Gasteiger partial charge on any atom is 0.243 e. The summed E-state index contributed by atoms with van der Waals surface area (Å²) in [7, 11) is 0. The van der Waals surface area contributed by atoms with Crippen molar-refractivity contribution in [3.05, 3.63) is 24.1 Å². The SMILES string of the molecule is Cc1nc2cc(NC(=O)CNC(=O)CC34CC5CC(CC(C5)C3)C4)ccc2o1. The molecule has 4 fully saturated rings. The van der Waals surface area contributed by atoms with Crippen LogP contribution in [0.15, 0.2) is 22.6 Å². The lowest BCUT2D eigenvalue weighted by Gasteiger charge is -2.56. The van der Waals surface area contributed by atoms with E-state index in [0.29, 0.717) is 29.1 Å². The average molecular weight is 381 g/mol. The number of aromatic nitrogens is 1. The standard InChI is InChI=1S/C22H27N3O3/c1-13-24-18-7-17(2-3-19(18)28-13)25-21(27)12-23-20(26)11-22-8-14-4-15(9-22)6-16(5-14)10-22/h2-3,7,14-16H,4-6,8-12H2,1H3,(H,23,26)(H,25,27). The Morgan fingerprint density at radius 1 is 1.11 bits per heavy atom. The summed E-state index contributed by atoms with van der Waals surface area (Å²) in [6.45, 7) is 1.79. The van der Waals surface area contributed by atoms with Crippen molar-refractivity contribution in [3.8, 4) is 0 Å². The molecule has 0 atom stereocenters. The Labute approximate surface area is 164 Å². The van der Waals surface area contributed by atoms with E-state index >= 15 is 0 Å². The van der Waals surface area contributed by atoms with Crippen molar-refractivity contribution >= 4 is 28.6 Å². The highest BCUT2D eigenvalue weighted by molar-refractivity contribution is 5.95. The van der Waals surface area contributed by atoms with E-state index < -0.39 is 0 Å². The highest BCUT2D eigenvalue weighted by atomic mass is 16.3. The number of nitrogens with zero attached hydrogens (tertiary/aromatic N) is 1. The molecule has 4 aliphatic carbocycles. The molecule has 0 aliphatic heterocycles. The zero-order valence-corrected chi connectivity index (χ0v) is 16.3. The topological polar surface area (TPSA) is 84.2 Å². The molecule has 4 bridgehead atoms. The van der Waals surface area contributed by atoms with Crippen LogP contribution in [0, 0.1) is 30.1 Å². The van der Waals surface area contributed by atoms with Crippen LogP contribution in [-0.4, -0.2) is 23.3 Å². The number of amides is 2. The zero-order valence-electron chi connectivity index (χ0n) is 16.3. The summed E-state index contributed by atoms with van der Waals surface area (Å²) in [5.74, 6) is 2.88. The van der Waals surface area contributed by atoms with E-state index in [1.165, 1.54) is 38.5 Å². The third kappa shape index (κ3) is 3.40. The lowest BCUT2D eigenvalue weighted by Crippen LogP contribution is -2.48. The van der Waals surface area contributed by atoms with Crippen LogP contribution in [0.25, 0.3) is 11.1 Å². The molecule has 0 unspecified atom stereocenters. The summed E-state index contributed by atoms with van der Waals surface area (Å²) in [6.07, 6.45) is 8.31. The van der Waals surface area contributed by atoms with Gasteiger partial charge in [-0.05, 0) is 79.9 Å². The van der Waals surface area contributed by atoms with Gasteiger partial charge in [-0.1, -0.05) is 0 Å². The average Bonchev–Trinajstić information content (AvgIpc) is 2.97. The predicted molar refractivity (Wildman–Crippen MR) is 106 cm³/mol. The van der Waals surface area contributed by atoms with E-state index in [4.69, 9.17) is 4.42 Å². The van der Waals surface area contributed by atoms with Crippen LogP contribution in [0.5, 0.6) is 0 Å². The van der Waals surface area contributed by atoms with Crippen LogP contribution in [0.4, 0.5) is 5.69 Å². The van der Waals surface area contributed by atoms with E-state index in [-0.39, 0.29) is 23.8 Å². The Hall–Kier alpha value is -2.37. The first-order valence-electron chi connectivity index (χ1n) is 10.4. The molecule has 148 valence electrons. The van der Waals surface area contributed by atoms with Crippen molar-refractivity contribution in [1.82, 2.24) is 10.3 Å². The second-order valence-electron chi connectivity index (χ2n) is 9.33. The molecule has 1 aromatic heterocycles. The van der Waals surface area contributed by atoms with Crippen LogP contribution >= 0.6 is 0 Å². The summed E-state index contributed by atoms with van der Waals surface area (Å²) < 4.78 is 5.44. The minimum absolute atomic E-state index is 0.00107. The summed E-state index contributed by atoms with van der Waals surface area (Å²) in [6, 6.07) is 5.35. The second-order valence-corrected chi connectivity index (χ2v) is 9.33. The van der Waals surface area contributed by atoms with Crippen LogP contribution in [0.2, 0.25) is 0 Å². The molecular weight excluding hydrogens is 354 g/mol. The number of hydrogen-bond donors (Lipinski definition) is 2. The van der Waals surface area contributed by atoms with Crippen molar-refractivity contribution < 1.29 is 14.0 Å². The fourth-order valence-electron chi connectivity index (χ4n) is 6.41. The molecule has 6 rings (SSSR count). The molecule has 4 aliphatic rings. The Morgan fingerprint density at radius 3 is 2.46 bits per heavy atom. The van der Waals surface area contributed by atoms with Gasteiger partial charge < -0.3 is 15.1 Å². The van der Waals surface area contributed by atoms with Gasteiger partial charge in [0.1, 0.15) is 5.52 Å². The third-order valence-corrected chi connectivity index (χ3v) is 6.92. The first kappa shape index (κ1) is 17.7. The van der Waals surface area contributed by atoms with Crippen LogP contribution in [0.1, 0.15) is 50.8 Å². The molecule has 1 aromatic carbocycles. The third-order valence-electron chi connectivity index (χ3n) is 6.92. The van der Waals surface area contributed by atoms with Gasteiger partial charge in [0.2, 0.25) is 11.8 Å². The zero-order chi connectivity index (χ0) is 19.3. The van der Waals surface area contributed by atoms with Gasteiger partial charge in [-0.3, -0.25) is 9.59 Å². The minimum atomic E-state index is -0.224. The van der Waals surface area contributed by atoms with Gasteiger partial charge in [0.25, 0.3) is 0 Å². The van der Waals surface area contributed by atoms with Crippen LogP contribution in [-0.2, 0) is 9.59 Å². The second kappa shape index (κ2) is 6.61. The highest BCUT2D eigenvalue weighted by Crippen LogP contribution is 2.61. The van der Waals surface area contributed by atoms with Crippen LogP contribution < -0.4 is 10.6 Å². The lowest BCUT2D eigenvalue weighted by atomic mass is 9.49. The molecule has 0 saturated heterocycles. The predicted octanol–water partition coefficient (Wildman–Crippen LogP) is 3.80. The van der Waals surface area contributed by atoms with E-state index in [9.17, 15) is 9.59 Å². The van der Waals surface area contributed by atoms with E-state index in [1.807, 2.05) is 0 Å². The number of rotatable bonds is 5. The number of fused-ring (bicyclic) bond motifs is 1. The molecule has 6 heteroatoms. The molecule has 2 amide bonds. The number of nitrogens with one attached hydrogen (secondary N) is 2. The highest BCUT2D eigenvalue weighted by Gasteiger charge is 2.51. The molecule has 0 radical (unpaired) electrons. The summed E-state index contributed by atoms with van der Waals surface area (Å²) >= 11 is 0. The van der Waals surface area contributed by atoms with Crippen molar-refractivity contribution in [2.75, 3.05) is 11.9 Å². The number of aryl methyl sites for hydroxylation is 1. The largest absolute Gasteiger partial charge is 0.441 e. The van der Waals surface area contributed by atoms with Gasteiger partial charge in [0, 0.05) is 19.0 Å². The molecule has 1 heterocycles. The molecule has 0 spiro atoms. The molecule has 4 saturated carbocycles. The molecule has 2 aromatic rings. The molecule has 28 heavy (non-hydrogen) atoms. The number of carbonyl (C=O) groups excluding carboxylic acids is 2. The first-order chi connectivity index (χ1) is 13.5. The van der Waals surface area contributed by atoms with Gasteiger partial charge in [-0.25, -0.2) is 4.98 Å². The minimum Gasteiger partial charge on any atom is -0.441 e. The fourth-order valence-corrected chi connectivity index (χ4v) is 6.41. The monoisotopic (exact) mass is 381 g/mol. The summed E-state index contributed by atoms with van der Waals surface area (Å²) in [5, 5.41) is 5.66. The fraction of sp³-hybridized carbons (Fsp3) is 0.591. The smallest absolute Gasteiger partial charge is 0.243 e. The number of oxazole rings is 1. The molecular formula is C22H27N3O3. The number of hydrogen-bond acceptors (Lipinski definition) is 4. The summed E-state index contributed by atoms with van der Waals surface area (Å²) in [4.78, 5) is 29.1. The van der Waals surface area contributed by atoms with Gasteiger partial charge in [0.15, 0.2) is 11.5 Å². The maximum absolute atomic E-state index is 12.5. The Kier molecular flexibility index (Phi) is 4.18. The first-order valence-corrected chi connectivity index (χ1v) is 10.4. The van der Waals surface area contributed by atoms with Gasteiger partial charge in [0.05, 0.1) is 6.54 Å². The number of benzene rings is 1. The van der Waals surface area contributed by atoms with Crippen molar-refractivity contribution in [2.45, 2.75) is 51.9 Å². The quantitative estimate of drug-likeness (QED) is 0.825. The number of carbonyl (C=O) groups is 2.